The fraction of sp³-hybridized carbons (Fsp3) is 0.348. The molecule has 0 saturated carbocycles. The lowest BCUT2D eigenvalue weighted by molar-refractivity contribution is -0.125. The molecule has 2 amide bonds. The Bertz CT molecular complexity index is 1020. The molecule has 2 fully saturated rings. The zero-order chi connectivity index (χ0) is 20.7. The molecule has 0 radical (unpaired) electrons. The first-order valence-electron chi connectivity index (χ1n) is 10.3. The van der Waals surface area contributed by atoms with E-state index in [1.165, 1.54) is 0 Å². The Hall–Kier alpha value is -2.86. The number of carbonyl (C=O) groups is 2. The Morgan fingerprint density at radius 3 is 2.70 bits per heavy atom. The van der Waals surface area contributed by atoms with E-state index >= 15 is 0 Å². The van der Waals surface area contributed by atoms with E-state index in [1.807, 2.05) is 35.2 Å². The summed E-state index contributed by atoms with van der Waals surface area (Å²) < 4.78 is 0. The lowest BCUT2D eigenvalue weighted by Gasteiger charge is -2.22. The molecule has 2 atom stereocenters. The molecule has 30 heavy (non-hydrogen) atoms. The minimum absolute atomic E-state index is 0.00183. The van der Waals surface area contributed by atoms with Crippen LogP contribution in [0.1, 0.15) is 17.5 Å². The van der Waals surface area contributed by atoms with Crippen molar-refractivity contribution >= 4 is 41.0 Å². The van der Waals surface area contributed by atoms with E-state index in [-0.39, 0.29) is 11.8 Å². The molecule has 1 aromatic heterocycles. The van der Waals surface area contributed by atoms with E-state index in [0.717, 1.165) is 48.0 Å². The van der Waals surface area contributed by atoms with Crippen LogP contribution < -0.4 is 10.2 Å². The number of amides is 2. The Morgan fingerprint density at radius 2 is 1.93 bits per heavy atom. The zero-order valence-electron chi connectivity index (χ0n) is 16.6. The molecule has 0 bridgehead atoms. The highest BCUT2D eigenvalue weighted by Crippen LogP contribution is 2.34. The second-order valence-electron chi connectivity index (χ2n) is 8.31. The van der Waals surface area contributed by atoms with Gasteiger partial charge in [0.25, 0.3) is 0 Å². The van der Waals surface area contributed by atoms with Gasteiger partial charge in [-0.05, 0) is 47.9 Å². The number of anilines is 2. The number of nitrogens with zero attached hydrogens (tertiary/aromatic N) is 3. The number of fused-ring (bicyclic) bond motifs is 2. The molecule has 2 aromatic rings. The normalized spacial score (nSPS) is 22.9. The van der Waals surface area contributed by atoms with Crippen LogP contribution in [0.15, 0.2) is 42.6 Å². The van der Waals surface area contributed by atoms with Crippen LogP contribution >= 0.6 is 11.6 Å². The van der Waals surface area contributed by atoms with Crippen LogP contribution in [-0.4, -0.2) is 47.9 Å². The molecule has 3 aliphatic heterocycles. The van der Waals surface area contributed by atoms with Crippen molar-refractivity contribution in [3.63, 3.8) is 0 Å². The van der Waals surface area contributed by atoms with Crippen LogP contribution in [-0.2, 0) is 16.0 Å². The summed E-state index contributed by atoms with van der Waals surface area (Å²) in [7, 11) is 0. The Kier molecular flexibility index (Phi) is 4.95. The second kappa shape index (κ2) is 7.76. The average molecular weight is 423 g/mol. The SMILES string of the molecule is O=C1CCc2cc(C=CC(=O)N3C[C@@H]4CN(c5cccc(Cl)c5)C[C@@H]4C3)cnc2N1. The molecule has 2 saturated heterocycles. The lowest BCUT2D eigenvalue weighted by Crippen LogP contribution is -2.32. The molecule has 154 valence electrons. The first kappa shape index (κ1) is 19.1. The van der Waals surface area contributed by atoms with E-state index in [9.17, 15) is 9.59 Å². The lowest BCUT2D eigenvalue weighted by atomic mass is 10.0. The first-order valence-corrected chi connectivity index (χ1v) is 10.7. The highest BCUT2D eigenvalue weighted by molar-refractivity contribution is 6.30. The number of hydrogen-bond acceptors (Lipinski definition) is 4. The fourth-order valence-electron chi connectivity index (χ4n) is 4.70. The molecule has 5 rings (SSSR count). The van der Waals surface area contributed by atoms with Gasteiger partial charge in [-0.1, -0.05) is 17.7 Å². The quantitative estimate of drug-likeness (QED) is 0.771. The van der Waals surface area contributed by atoms with Gasteiger partial charge in [0.15, 0.2) is 0 Å². The van der Waals surface area contributed by atoms with Gasteiger partial charge in [0, 0.05) is 67.4 Å². The summed E-state index contributed by atoms with van der Waals surface area (Å²) >= 11 is 6.13. The molecule has 6 nitrogen and oxygen atoms in total. The third kappa shape index (κ3) is 3.79. The number of aromatic nitrogens is 1. The largest absolute Gasteiger partial charge is 0.371 e. The Morgan fingerprint density at radius 1 is 1.13 bits per heavy atom. The van der Waals surface area contributed by atoms with Crippen molar-refractivity contribution in [3.8, 4) is 0 Å². The zero-order valence-corrected chi connectivity index (χ0v) is 17.3. The number of likely N-dealkylation sites (tertiary alicyclic amines) is 1. The first-order chi connectivity index (χ1) is 14.5. The van der Waals surface area contributed by atoms with E-state index in [4.69, 9.17) is 11.6 Å². The van der Waals surface area contributed by atoms with Crippen LogP contribution in [0.4, 0.5) is 11.5 Å². The molecule has 3 aliphatic rings. The van der Waals surface area contributed by atoms with Crippen molar-refractivity contribution < 1.29 is 9.59 Å². The summed E-state index contributed by atoms with van der Waals surface area (Å²) in [5.41, 5.74) is 3.05. The molecule has 1 aromatic carbocycles. The van der Waals surface area contributed by atoms with E-state index in [1.54, 1.807) is 12.3 Å². The maximum absolute atomic E-state index is 12.7. The van der Waals surface area contributed by atoms with Crippen LogP contribution in [0.25, 0.3) is 6.08 Å². The fourth-order valence-corrected chi connectivity index (χ4v) is 4.88. The predicted molar refractivity (Wildman–Crippen MR) is 117 cm³/mol. The molecule has 0 spiro atoms. The van der Waals surface area contributed by atoms with Gasteiger partial charge in [-0.3, -0.25) is 9.59 Å². The summed E-state index contributed by atoms with van der Waals surface area (Å²) in [6, 6.07) is 9.97. The van der Waals surface area contributed by atoms with Crippen LogP contribution in [0.2, 0.25) is 5.02 Å². The third-order valence-electron chi connectivity index (χ3n) is 6.26. The number of rotatable bonds is 3. The van der Waals surface area contributed by atoms with Crippen molar-refractivity contribution in [1.82, 2.24) is 9.88 Å². The van der Waals surface area contributed by atoms with Gasteiger partial charge in [-0.2, -0.15) is 0 Å². The molecule has 1 N–H and O–H groups in total. The van der Waals surface area contributed by atoms with Gasteiger partial charge in [0.1, 0.15) is 5.82 Å². The number of hydrogen-bond donors (Lipinski definition) is 1. The number of nitrogens with one attached hydrogen (secondary N) is 1. The summed E-state index contributed by atoms with van der Waals surface area (Å²) in [6.45, 7) is 3.50. The van der Waals surface area contributed by atoms with Crippen molar-refractivity contribution in [2.45, 2.75) is 12.8 Å². The molecular formula is C23H23ClN4O2. The Labute approximate surface area is 180 Å². The second-order valence-corrected chi connectivity index (χ2v) is 8.74. The van der Waals surface area contributed by atoms with Gasteiger partial charge in [0.2, 0.25) is 11.8 Å². The standard InChI is InChI=1S/C23H23ClN4O2/c24-19-2-1-3-20(9-19)27-11-17-13-28(14-18(17)12-27)22(30)7-4-15-8-16-5-6-21(29)26-23(16)25-10-15/h1-4,7-10,17-18H,5-6,11-14H2,(H,25,26,29)/t17-,18+. The van der Waals surface area contributed by atoms with Gasteiger partial charge >= 0.3 is 0 Å². The van der Waals surface area contributed by atoms with E-state index in [2.05, 4.69) is 21.3 Å². The molecule has 0 aliphatic carbocycles. The average Bonchev–Trinajstić information content (AvgIpc) is 3.31. The van der Waals surface area contributed by atoms with Gasteiger partial charge in [-0.25, -0.2) is 4.98 Å². The smallest absolute Gasteiger partial charge is 0.246 e. The summed E-state index contributed by atoms with van der Waals surface area (Å²) in [5, 5.41) is 3.53. The van der Waals surface area contributed by atoms with Crippen LogP contribution in [0, 0.1) is 11.8 Å². The van der Waals surface area contributed by atoms with Crippen molar-refractivity contribution in [2.24, 2.45) is 11.8 Å². The maximum atomic E-state index is 12.7. The molecular weight excluding hydrogens is 400 g/mol. The van der Waals surface area contributed by atoms with E-state index < -0.39 is 0 Å². The molecule has 0 unspecified atom stereocenters. The van der Waals surface area contributed by atoms with Crippen LogP contribution in [0.5, 0.6) is 0 Å². The number of benzene rings is 1. The summed E-state index contributed by atoms with van der Waals surface area (Å²) in [5.74, 6) is 1.67. The van der Waals surface area contributed by atoms with Crippen molar-refractivity contribution in [3.05, 3.63) is 58.8 Å². The van der Waals surface area contributed by atoms with E-state index in [0.29, 0.717) is 30.5 Å². The summed E-state index contributed by atoms with van der Waals surface area (Å²) in [4.78, 5) is 32.8. The minimum atomic E-state index is 0.00183. The minimum Gasteiger partial charge on any atom is -0.371 e. The highest BCUT2D eigenvalue weighted by atomic mass is 35.5. The maximum Gasteiger partial charge on any atom is 0.246 e. The number of aryl methyl sites for hydroxylation is 1. The van der Waals surface area contributed by atoms with Gasteiger partial charge < -0.3 is 15.1 Å². The van der Waals surface area contributed by atoms with Crippen molar-refractivity contribution in [1.29, 1.82) is 0 Å². The number of pyridine rings is 1. The molecule has 7 heteroatoms. The highest BCUT2D eigenvalue weighted by Gasteiger charge is 2.41. The monoisotopic (exact) mass is 422 g/mol. The van der Waals surface area contributed by atoms with Crippen molar-refractivity contribution in [2.75, 3.05) is 36.4 Å². The predicted octanol–water partition coefficient (Wildman–Crippen LogP) is 3.23. The topological polar surface area (TPSA) is 65.5 Å². The summed E-state index contributed by atoms with van der Waals surface area (Å²) in [6.07, 6.45) is 6.31. The number of halogens is 1. The number of carbonyl (C=O) groups excluding carboxylic acids is 2. The van der Waals surface area contributed by atoms with Crippen LogP contribution in [0.3, 0.4) is 0 Å². The van der Waals surface area contributed by atoms with Gasteiger partial charge in [0.05, 0.1) is 0 Å². The van der Waals surface area contributed by atoms with Gasteiger partial charge in [-0.15, -0.1) is 0 Å². The third-order valence-corrected chi connectivity index (χ3v) is 6.49. The molecule has 4 heterocycles. The Balaban J connectivity index is 1.19.